The number of fused-ring (bicyclic) bond motifs is 1. The summed E-state index contributed by atoms with van der Waals surface area (Å²) in [5.41, 5.74) is 6.38. The van der Waals surface area contributed by atoms with E-state index in [1.54, 1.807) is 0 Å². The molecule has 4 aromatic rings. The summed E-state index contributed by atoms with van der Waals surface area (Å²) in [7, 11) is 0. The molecular formula is C15H11N7O2. The van der Waals surface area contributed by atoms with E-state index in [0.717, 1.165) is 5.56 Å². The normalized spacial score (nSPS) is 11.0. The van der Waals surface area contributed by atoms with E-state index in [-0.39, 0.29) is 22.3 Å². The first-order valence-corrected chi connectivity index (χ1v) is 7.01. The predicted octanol–water partition coefficient (Wildman–Crippen LogP) is 0.441. The molecule has 0 saturated carbocycles. The fourth-order valence-electron chi connectivity index (χ4n) is 2.58. The fraction of sp³-hybridized carbons (Fsp3) is 0. The maximum atomic E-state index is 12.3. The second-order valence-electron chi connectivity index (χ2n) is 5.06. The lowest BCUT2D eigenvalue weighted by molar-refractivity contribution is 0.851. The van der Waals surface area contributed by atoms with Crippen LogP contribution < -0.4 is 16.9 Å². The van der Waals surface area contributed by atoms with E-state index in [9.17, 15) is 9.59 Å². The molecule has 0 spiro atoms. The van der Waals surface area contributed by atoms with Crippen molar-refractivity contribution in [3.63, 3.8) is 0 Å². The number of aromatic amines is 2. The molecule has 0 radical (unpaired) electrons. The highest BCUT2D eigenvalue weighted by atomic mass is 16.1. The van der Waals surface area contributed by atoms with Crippen molar-refractivity contribution < 1.29 is 0 Å². The van der Waals surface area contributed by atoms with Gasteiger partial charge in [0.15, 0.2) is 5.82 Å². The summed E-state index contributed by atoms with van der Waals surface area (Å²) in [6, 6.07) is 9.15. The Morgan fingerprint density at radius 1 is 1.00 bits per heavy atom. The van der Waals surface area contributed by atoms with Gasteiger partial charge in [0.1, 0.15) is 18.0 Å². The van der Waals surface area contributed by atoms with Crippen LogP contribution >= 0.6 is 0 Å². The summed E-state index contributed by atoms with van der Waals surface area (Å²) >= 11 is 0. The van der Waals surface area contributed by atoms with Crippen molar-refractivity contribution in [2.45, 2.75) is 0 Å². The number of rotatable bonds is 2. The first-order valence-electron chi connectivity index (χ1n) is 7.01. The van der Waals surface area contributed by atoms with E-state index in [1.165, 1.54) is 17.3 Å². The Labute approximate surface area is 133 Å². The molecule has 0 fully saturated rings. The largest absolute Gasteiger partial charge is 0.396 e. The molecule has 0 unspecified atom stereocenters. The number of hydrogen-bond donors (Lipinski definition) is 3. The van der Waals surface area contributed by atoms with Crippen LogP contribution in [0.2, 0.25) is 0 Å². The Morgan fingerprint density at radius 2 is 1.71 bits per heavy atom. The van der Waals surface area contributed by atoms with Gasteiger partial charge in [0, 0.05) is 5.56 Å². The lowest BCUT2D eigenvalue weighted by atomic mass is 10.1. The van der Waals surface area contributed by atoms with Gasteiger partial charge in [0.25, 0.3) is 11.1 Å². The van der Waals surface area contributed by atoms with Crippen LogP contribution in [0.1, 0.15) is 0 Å². The third-order valence-electron chi connectivity index (χ3n) is 3.64. The highest BCUT2D eigenvalue weighted by Crippen LogP contribution is 2.30. The summed E-state index contributed by atoms with van der Waals surface area (Å²) in [4.78, 5) is 32.9. The Morgan fingerprint density at radius 3 is 2.38 bits per heavy atom. The van der Waals surface area contributed by atoms with Crippen LogP contribution in [0.3, 0.4) is 0 Å². The minimum atomic E-state index is -0.520. The van der Waals surface area contributed by atoms with Gasteiger partial charge in [-0.25, -0.2) is 14.6 Å². The van der Waals surface area contributed by atoms with Crippen molar-refractivity contribution in [3.05, 3.63) is 63.7 Å². The van der Waals surface area contributed by atoms with Crippen LogP contribution in [0.15, 0.2) is 52.6 Å². The zero-order valence-electron chi connectivity index (χ0n) is 12.2. The maximum absolute atomic E-state index is 12.3. The van der Waals surface area contributed by atoms with E-state index >= 15 is 0 Å². The predicted molar refractivity (Wildman–Crippen MR) is 87.7 cm³/mol. The molecule has 3 heterocycles. The molecule has 9 heteroatoms. The number of nitrogens with two attached hydrogens (primary N) is 1. The third-order valence-corrected chi connectivity index (χ3v) is 3.64. The SMILES string of the molecule is Nc1c(-c2ccccc2)nc(-n2cncn2)c2c(=O)[nH][nH]c(=O)c12. The highest BCUT2D eigenvalue weighted by Gasteiger charge is 2.19. The molecule has 118 valence electrons. The third kappa shape index (κ3) is 1.99. The first kappa shape index (κ1) is 13.9. The molecule has 0 saturated heterocycles. The number of H-pyrrole nitrogens is 2. The monoisotopic (exact) mass is 321 g/mol. The van der Waals surface area contributed by atoms with Crippen molar-refractivity contribution in [3.8, 4) is 17.1 Å². The van der Waals surface area contributed by atoms with Gasteiger partial charge in [0.05, 0.1) is 16.8 Å². The van der Waals surface area contributed by atoms with Crippen LogP contribution in [-0.2, 0) is 0 Å². The summed E-state index contributed by atoms with van der Waals surface area (Å²) in [5, 5.41) is 8.70. The number of benzene rings is 1. The van der Waals surface area contributed by atoms with Crippen molar-refractivity contribution >= 4 is 16.5 Å². The number of hydrogen-bond acceptors (Lipinski definition) is 6. The summed E-state index contributed by atoms with van der Waals surface area (Å²) in [6.07, 6.45) is 2.71. The zero-order chi connectivity index (χ0) is 16.7. The quantitative estimate of drug-likeness (QED) is 0.490. The molecule has 0 aliphatic rings. The standard InChI is InChI=1S/C15H11N7O2/c16-11-9-10(15(24)21-20-14(9)23)13(22-7-17-6-18-22)19-12(11)8-4-2-1-3-5-8/h1-7H,16H2,(H,20,23)(H,21,24). The van der Waals surface area contributed by atoms with Gasteiger partial charge in [-0.3, -0.25) is 19.8 Å². The van der Waals surface area contributed by atoms with E-state index < -0.39 is 11.1 Å². The molecule has 24 heavy (non-hydrogen) atoms. The van der Waals surface area contributed by atoms with Gasteiger partial charge in [-0.15, -0.1) is 0 Å². The molecule has 9 nitrogen and oxygen atoms in total. The molecular weight excluding hydrogens is 310 g/mol. The molecule has 0 aliphatic heterocycles. The number of anilines is 1. The number of nitrogens with one attached hydrogen (secondary N) is 2. The van der Waals surface area contributed by atoms with Crippen LogP contribution in [0.5, 0.6) is 0 Å². The lowest BCUT2D eigenvalue weighted by Crippen LogP contribution is -2.23. The van der Waals surface area contributed by atoms with Gasteiger partial charge in [-0.05, 0) is 0 Å². The topological polar surface area (TPSA) is 135 Å². The summed E-state index contributed by atoms with van der Waals surface area (Å²) in [6.45, 7) is 0. The van der Waals surface area contributed by atoms with Crippen LogP contribution in [0.4, 0.5) is 5.69 Å². The molecule has 0 aliphatic carbocycles. The minimum Gasteiger partial charge on any atom is -0.396 e. The Hall–Kier alpha value is -3.75. The van der Waals surface area contributed by atoms with Crippen molar-refractivity contribution in [2.24, 2.45) is 0 Å². The van der Waals surface area contributed by atoms with Crippen LogP contribution in [0, 0.1) is 0 Å². The Kier molecular flexibility index (Phi) is 2.98. The first-order chi connectivity index (χ1) is 11.7. The highest BCUT2D eigenvalue weighted by molar-refractivity contribution is 6.01. The molecule has 0 bridgehead atoms. The molecule has 1 aromatic carbocycles. The van der Waals surface area contributed by atoms with E-state index in [1.807, 2.05) is 30.3 Å². The number of nitrogen functional groups attached to an aromatic ring is 1. The van der Waals surface area contributed by atoms with Crippen LogP contribution in [0.25, 0.3) is 27.8 Å². The second kappa shape index (κ2) is 5.16. The van der Waals surface area contributed by atoms with E-state index in [4.69, 9.17) is 5.73 Å². The average molecular weight is 321 g/mol. The lowest BCUT2D eigenvalue weighted by Gasteiger charge is -2.11. The van der Waals surface area contributed by atoms with E-state index in [0.29, 0.717) is 5.69 Å². The number of pyridine rings is 1. The zero-order valence-corrected chi connectivity index (χ0v) is 12.2. The second-order valence-corrected chi connectivity index (χ2v) is 5.06. The van der Waals surface area contributed by atoms with Gasteiger partial charge in [-0.1, -0.05) is 30.3 Å². The number of nitrogens with zero attached hydrogens (tertiary/aromatic N) is 4. The summed E-state index contributed by atoms with van der Waals surface area (Å²) in [5.74, 6) is 0.183. The van der Waals surface area contributed by atoms with Crippen molar-refractivity contribution in [1.29, 1.82) is 0 Å². The molecule has 4 rings (SSSR count). The number of aromatic nitrogens is 6. The van der Waals surface area contributed by atoms with Crippen molar-refractivity contribution in [2.75, 3.05) is 5.73 Å². The van der Waals surface area contributed by atoms with Crippen LogP contribution in [-0.4, -0.2) is 29.9 Å². The summed E-state index contributed by atoms with van der Waals surface area (Å²) < 4.78 is 1.32. The molecule has 4 N–H and O–H groups in total. The van der Waals surface area contributed by atoms with Gasteiger partial charge < -0.3 is 5.73 Å². The fourth-order valence-corrected chi connectivity index (χ4v) is 2.58. The average Bonchev–Trinajstić information content (AvgIpc) is 3.13. The maximum Gasteiger partial charge on any atom is 0.274 e. The van der Waals surface area contributed by atoms with E-state index in [2.05, 4.69) is 25.3 Å². The van der Waals surface area contributed by atoms with Gasteiger partial charge >= 0.3 is 0 Å². The van der Waals surface area contributed by atoms with Gasteiger partial charge in [-0.2, -0.15) is 5.10 Å². The van der Waals surface area contributed by atoms with Gasteiger partial charge in [0.2, 0.25) is 0 Å². The molecule has 0 atom stereocenters. The Balaban J connectivity index is 2.22. The molecule has 0 amide bonds. The smallest absolute Gasteiger partial charge is 0.274 e. The van der Waals surface area contributed by atoms with Crippen molar-refractivity contribution in [1.82, 2.24) is 29.9 Å². The molecule has 3 aromatic heterocycles. The minimum absolute atomic E-state index is 0.0569. The Bertz CT molecular complexity index is 1140.